The number of ether oxygens (including phenoxy) is 1. The van der Waals surface area contributed by atoms with Gasteiger partial charge in [0.2, 0.25) is 0 Å². The first kappa shape index (κ1) is 23.0. The van der Waals surface area contributed by atoms with Gasteiger partial charge < -0.3 is 9.16 Å². The van der Waals surface area contributed by atoms with Crippen molar-refractivity contribution in [2.75, 3.05) is 13.2 Å². The van der Waals surface area contributed by atoms with E-state index in [1.807, 2.05) is 30.3 Å². The summed E-state index contributed by atoms with van der Waals surface area (Å²) in [5.74, 6) is 0. The van der Waals surface area contributed by atoms with Gasteiger partial charge in [0.1, 0.15) is 0 Å². The molecule has 0 aromatic heterocycles. The van der Waals surface area contributed by atoms with E-state index < -0.39 is 8.32 Å². The summed E-state index contributed by atoms with van der Waals surface area (Å²) in [6.07, 6.45) is 0.141. The van der Waals surface area contributed by atoms with Crippen LogP contribution in [0.1, 0.15) is 32.8 Å². The zero-order chi connectivity index (χ0) is 20.3. The first-order chi connectivity index (χ1) is 12.7. The predicted octanol–water partition coefficient (Wildman–Crippen LogP) is 5.97. The number of hydrogen-bond donors (Lipinski definition) is 0. The van der Waals surface area contributed by atoms with Crippen molar-refractivity contribution in [3.8, 4) is 0 Å². The van der Waals surface area contributed by atoms with E-state index in [2.05, 4.69) is 53.9 Å². The van der Waals surface area contributed by atoms with E-state index in [0.717, 1.165) is 5.56 Å². The average Bonchev–Trinajstić information content (AvgIpc) is 2.59. The van der Waals surface area contributed by atoms with Gasteiger partial charge in [0.05, 0.1) is 31.9 Å². The molecule has 27 heavy (non-hydrogen) atoms. The lowest BCUT2D eigenvalue weighted by atomic mass is 10.1. The van der Waals surface area contributed by atoms with Crippen LogP contribution in [-0.4, -0.2) is 33.6 Å². The molecule has 148 valence electrons. The summed E-state index contributed by atoms with van der Waals surface area (Å²) in [7, 11) is -2.05. The Hall–Kier alpha value is -2.02. The van der Waals surface area contributed by atoms with Crippen LogP contribution in [0.3, 0.4) is 0 Å². The van der Waals surface area contributed by atoms with Crippen molar-refractivity contribution in [1.82, 2.24) is 0 Å². The zero-order valence-corrected chi connectivity index (χ0v) is 17.9. The highest BCUT2D eigenvalue weighted by Gasteiger charge is 2.39. The van der Waals surface area contributed by atoms with Gasteiger partial charge in [-0.2, -0.15) is 0 Å². The minimum Gasteiger partial charge on any atom is -0.414 e. The molecular weight excluding hydrogens is 360 g/mol. The first-order valence-electron chi connectivity index (χ1n) is 9.04. The van der Waals surface area contributed by atoms with Crippen molar-refractivity contribution >= 4 is 8.32 Å². The van der Waals surface area contributed by atoms with Crippen molar-refractivity contribution in [1.29, 1.82) is 0 Å². The highest BCUT2D eigenvalue weighted by molar-refractivity contribution is 6.74. The second-order valence-electron chi connectivity index (χ2n) is 8.01. The van der Waals surface area contributed by atoms with E-state index in [1.165, 1.54) is 0 Å². The lowest BCUT2D eigenvalue weighted by molar-refractivity contribution is 0.0883. The number of rotatable bonds is 11. The third kappa shape index (κ3) is 8.47. The van der Waals surface area contributed by atoms with Crippen molar-refractivity contribution in [3.63, 3.8) is 0 Å². The van der Waals surface area contributed by atoms with Crippen LogP contribution in [-0.2, 0) is 15.8 Å². The van der Waals surface area contributed by atoms with Gasteiger partial charge in [-0.05, 0) is 41.2 Å². The zero-order valence-electron chi connectivity index (χ0n) is 16.9. The topological polar surface area (TPSA) is 116 Å². The van der Waals surface area contributed by atoms with Gasteiger partial charge in [-0.3, -0.25) is 0 Å². The molecule has 0 N–H and O–H groups in total. The lowest BCUT2D eigenvalue weighted by Crippen LogP contribution is -2.45. The molecule has 8 nitrogen and oxygen atoms in total. The Morgan fingerprint density at radius 2 is 1.78 bits per heavy atom. The molecule has 0 bridgehead atoms. The van der Waals surface area contributed by atoms with Gasteiger partial charge in [-0.1, -0.05) is 61.3 Å². The Balaban J connectivity index is 2.74. The van der Waals surface area contributed by atoms with Crippen LogP contribution in [0.5, 0.6) is 0 Å². The van der Waals surface area contributed by atoms with E-state index in [4.69, 9.17) is 20.2 Å². The first-order valence-corrected chi connectivity index (χ1v) is 11.9. The molecule has 0 unspecified atom stereocenters. The number of benzene rings is 1. The molecule has 0 amide bonds. The SMILES string of the molecule is CC(C)(C)[Si](C)(C)O[C@H](CN=[N+]=[N-])C[C@H](COCc1ccccc1)N=[N+]=[N-]. The molecule has 1 rings (SSSR count). The second-order valence-corrected chi connectivity index (χ2v) is 12.8. The maximum atomic E-state index is 8.89. The van der Waals surface area contributed by atoms with E-state index in [0.29, 0.717) is 13.0 Å². The Morgan fingerprint density at radius 3 is 2.33 bits per heavy atom. The molecule has 1 aromatic carbocycles. The largest absolute Gasteiger partial charge is 0.414 e. The van der Waals surface area contributed by atoms with Crippen molar-refractivity contribution in [3.05, 3.63) is 56.8 Å². The van der Waals surface area contributed by atoms with Crippen LogP contribution in [0.25, 0.3) is 20.9 Å². The summed E-state index contributed by atoms with van der Waals surface area (Å²) in [6.45, 7) is 11.7. The fourth-order valence-corrected chi connectivity index (χ4v) is 3.65. The van der Waals surface area contributed by atoms with Gasteiger partial charge in [0.25, 0.3) is 0 Å². The summed E-state index contributed by atoms with van der Waals surface area (Å²) in [5.41, 5.74) is 18.6. The summed E-state index contributed by atoms with van der Waals surface area (Å²) in [5, 5.41) is 7.56. The monoisotopic (exact) mass is 390 g/mol. The van der Waals surface area contributed by atoms with Crippen LogP contribution in [0, 0.1) is 0 Å². The van der Waals surface area contributed by atoms with Crippen molar-refractivity contribution in [2.45, 2.75) is 64.1 Å². The molecule has 0 spiro atoms. The van der Waals surface area contributed by atoms with Crippen molar-refractivity contribution < 1.29 is 9.16 Å². The second kappa shape index (κ2) is 11.0. The Kier molecular flexibility index (Phi) is 9.35. The van der Waals surface area contributed by atoms with E-state index >= 15 is 0 Å². The molecule has 1 aromatic rings. The molecular formula is C18H30N6O2Si. The summed E-state index contributed by atoms with van der Waals surface area (Å²) >= 11 is 0. The maximum Gasteiger partial charge on any atom is 0.192 e. The summed E-state index contributed by atoms with van der Waals surface area (Å²) in [6, 6.07) is 9.42. The molecule has 0 heterocycles. The van der Waals surface area contributed by atoms with Crippen LogP contribution in [0.2, 0.25) is 18.1 Å². The number of azide groups is 2. The van der Waals surface area contributed by atoms with Crippen LogP contribution in [0.15, 0.2) is 40.6 Å². The smallest absolute Gasteiger partial charge is 0.192 e. The van der Waals surface area contributed by atoms with Crippen LogP contribution in [0.4, 0.5) is 0 Å². The van der Waals surface area contributed by atoms with Crippen LogP contribution < -0.4 is 0 Å². The van der Waals surface area contributed by atoms with Gasteiger partial charge >= 0.3 is 0 Å². The minimum atomic E-state index is -2.05. The highest BCUT2D eigenvalue weighted by atomic mass is 28.4. The molecule has 9 heteroatoms. The van der Waals surface area contributed by atoms with E-state index in [-0.39, 0.29) is 30.3 Å². The molecule has 0 fully saturated rings. The minimum absolute atomic E-state index is 0.0272. The van der Waals surface area contributed by atoms with Gasteiger partial charge in [0.15, 0.2) is 8.32 Å². The van der Waals surface area contributed by atoms with Crippen LogP contribution >= 0.6 is 0 Å². The fraction of sp³-hybridized carbons (Fsp3) is 0.667. The normalized spacial score (nSPS) is 14.0. The maximum absolute atomic E-state index is 8.89. The Morgan fingerprint density at radius 1 is 1.11 bits per heavy atom. The Bertz CT molecular complexity index is 664. The summed E-state index contributed by atoms with van der Waals surface area (Å²) in [4.78, 5) is 5.79. The highest BCUT2D eigenvalue weighted by Crippen LogP contribution is 2.37. The predicted molar refractivity (Wildman–Crippen MR) is 110 cm³/mol. The van der Waals surface area contributed by atoms with Gasteiger partial charge in [-0.25, -0.2) is 0 Å². The van der Waals surface area contributed by atoms with Crippen molar-refractivity contribution in [2.24, 2.45) is 10.2 Å². The third-order valence-electron chi connectivity index (χ3n) is 4.79. The Labute approximate surface area is 162 Å². The molecule has 0 aliphatic rings. The molecule has 0 saturated heterocycles. The molecule has 0 saturated carbocycles. The average molecular weight is 391 g/mol. The quantitative estimate of drug-likeness (QED) is 0.200. The fourth-order valence-electron chi connectivity index (χ4n) is 2.29. The lowest BCUT2D eigenvalue weighted by Gasteiger charge is -2.39. The number of hydrogen-bond acceptors (Lipinski definition) is 4. The summed E-state index contributed by atoms with van der Waals surface area (Å²) < 4.78 is 12.1. The van der Waals surface area contributed by atoms with Gasteiger partial charge in [-0.15, -0.1) is 0 Å². The molecule has 0 radical (unpaired) electrons. The number of nitrogens with zero attached hydrogens (tertiary/aromatic N) is 6. The van der Waals surface area contributed by atoms with Gasteiger partial charge in [0, 0.05) is 9.82 Å². The van der Waals surface area contributed by atoms with E-state index in [1.54, 1.807) is 0 Å². The van der Waals surface area contributed by atoms with E-state index in [9.17, 15) is 0 Å². The molecule has 2 atom stereocenters. The standard InChI is InChI=1S/C18H30N6O2Si/c1-18(2,3)27(4,5)26-17(12-21-23-19)11-16(22-24-20)14-25-13-15-9-7-6-8-10-15/h6-10,16-17H,11-14H2,1-5H3/t16-,17+/m1/s1. The molecule has 0 aliphatic carbocycles. The third-order valence-corrected chi connectivity index (χ3v) is 9.32. The molecule has 0 aliphatic heterocycles.